The lowest BCUT2D eigenvalue weighted by Gasteiger charge is -2.31. The van der Waals surface area contributed by atoms with Crippen LogP contribution in [0.15, 0.2) is 34.2 Å². The zero-order valence-electron chi connectivity index (χ0n) is 30.5. The molecule has 2 heterocycles. The molecule has 2 fully saturated rings. The first-order chi connectivity index (χ1) is 25.6. The second-order valence-corrected chi connectivity index (χ2v) is 14.7. The quantitative estimate of drug-likeness (QED) is 0.138. The lowest BCUT2D eigenvalue weighted by Crippen LogP contribution is -2.39. The number of carboxylic acids is 1. The van der Waals surface area contributed by atoms with Crippen molar-refractivity contribution in [2.75, 3.05) is 19.6 Å². The summed E-state index contributed by atoms with van der Waals surface area (Å²) in [6, 6.07) is 0.357. The molecule has 2 atom stereocenters. The van der Waals surface area contributed by atoms with Crippen molar-refractivity contribution in [1.29, 1.82) is 0 Å². The third-order valence-electron chi connectivity index (χ3n) is 10.1. The van der Waals surface area contributed by atoms with Gasteiger partial charge in [0.25, 0.3) is 11.5 Å². The molecule has 3 aromatic rings. The Morgan fingerprint density at radius 1 is 0.945 bits per heavy atom. The molecule has 1 amide bonds. The zero-order valence-corrected chi connectivity index (χ0v) is 30.5. The minimum atomic E-state index is -5.43. The number of carbonyl (C=O) groups is 2. The summed E-state index contributed by atoms with van der Waals surface area (Å²) in [6.07, 6.45) is -8.27. The van der Waals surface area contributed by atoms with Crippen molar-refractivity contribution in [2.45, 2.75) is 96.5 Å². The highest BCUT2D eigenvalue weighted by Crippen LogP contribution is 2.46. The first-order valence-corrected chi connectivity index (χ1v) is 17.8. The normalized spacial score (nSPS) is 16.5. The Labute approximate surface area is 310 Å². The van der Waals surface area contributed by atoms with Gasteiger partial charge in [0.15, 0.2) is 0 Å². The minimum Gasteiger partial charge on any atom is -0.481 e. The van der Waals surface area contributed by atoms with Crippen LogP contribution in [0.2, 0.25) is 0 Å². The predicted molar refractivity (Wildman–Crippen MR) is 186 cm³/mol. The van der Waals surface area contributed by atoms with Crippen molar-refractivity contribution in [2.24, 2.45) is 10.9 Å². The number of halogens is 9. The Kier molecular flexibility index (Phi) is 12.1. The number of rotatable bonds is 13. The Morgan fingerprint density at radius 2 is 1.58 bits per heavy atom. The summed E-state index contributed by atoms with van der Waals surface area (Å²) < 4.78 is 134. The van der Waals surface area contributed by atoms with Gasteiger partial charge in [-0.2, -0.15) is 26.3 Å². The number of amides is 1. The maximum Gasteiger partial charge on any atom is 0.419 e. The number of nitrogens with zero attached hydrogens (tertiary/aromatic N) is 3. The van der Waals surface area contributed by atoms with E-state index in [-0.39, 0.29) is 59.5 Å². The molecule has 55 heavy (non-hydrogen) atoms. The van der Waals surface area contributed by atoms with Gasteiger partial charge >= 0.3 is 18.3 Å². The summed E-state index contributed by atoms with van der Waals surface area (Å²) in [5.74, 6) is -10.2. The van der Waals surface area contributed by atoms with Gasteiger partial charge in [0, 0.05) is 42.1 Å². The number of hydrogen-bond donors (Lipinski definition) is 1. The minimum absolute atomic E-state index is 0.116. The van der Waals surface area contributed by atoms with Crippen LogP contribution in [0.1, 0.15) is 103 Å². The number of carboxylic acid groups (broad SMARTS) is 1. The van der Waals surface area contributed by atoms with Crippen molar-refractivity contribution in [3.8, 4) is 11.1 Å². The number of likely N-dealkylation sites (tertiary alicyclic amines) is 1. The number of benzene rings is 2. The summed E-state index contributed by atoms with van der Waals surface area (Å²) in [5, 5.41) is 9.69. The molecule has 0 spiro atoms. The van der Waals surface area contributed by atoms with Gasteiger partial charge in [-0.3, -0.25) is 14.4 Å². The van der Waals surface area contributed by atoms with Crippen LogP contribution in [0.3, 0.4) is 0 Å². The Morgan fingerprint density at radius 3 is 2.11 bits per heavy atom. The molecule has 1 saturated carbocycles. The van der Waals surface area contributed by atoms with Crippen LogP contribution in [0.4, 0.5) is 39.5 Å². The summed E-state index contributed by atoms with van der Waals surface area (Å²) in [7, 11) is 0. The molecule has 5 rings (SSSR count). The highest BCUT2D eigenvalue weighted by atomic mass is 19.4. The maximum absolute atomic E-state index is 16.6. The molecular weight excluding hydrogens is 745 g/mol. The van der Waals surface area contributed by atoms with Gasteiger partial charge < -0.3 is 14.6 Å². The molecular formula is C39H40F9N3O4. The van der Waals surface area contributed by atoms with E-state index in [2.05, 4.69) is 4.99 Å². The van der Waals surface area contributed by atoms with Crippen molar-refractivity contribution in [1.82, 2.24) is 9.47 Å². The van der Waals surface area contributed by atoms with E-state index >= 15 is 13.2 Å². The zero-order chi connectivity index (χ0) is 40.7. The fourth-order valence-corrected chi connectivity index (χ4v) is 7.10. The Hall–Kier alpha value is -4.47. The molecule has 1 aliphatic heterocycles. The van der Waals surface area contributed by atoms with E-state index in [9.17, 15) is 45.8 Å². The van der Waals surface area contributed by atoms with E-state index < -0.39 is 87.9 Å². The lowest BCUT2D eigenvalue weighted by molar-refractivity contribution is -0.140. The van der Waals surface area contributed by atoms with Crippen LogP contribution in [0, 0.1) is 37.2 Å². The van der Waals surface area contributed by atoms with Crippen molar-refractivity contribution in [3.05, 3.63) is 91.1 Å². The van der Waals surface area contributed by atoms with Gasteiger partial charge in [-0.1, -0.05) is 19.9 Å². The smallest absolute Gasteiger partial charge is 0.419 e. The second kappa shape index (κ2) is 15.9. The second-order valence-electron chi connectivity index (χ2n) is 14.7. The van der Waals surface area contributed by atoms with Crippen LogP contribution in [0.25, 0.3) is 11.1 Å². The monoisotopic (exact) mass is 785 g/mol. The van der Waals surface area contributed by atoms with Crippen molar-refractivity contribution >= 4 is 18.1 Å². The average molecular weight is 786 g/mol. The third-order valence-corrected chi connectivity index (χ3v) is 10.1. The fraction of sp³-hybridized carbons (Fsp3) is 0.487. The largest absolute Gasteiger partial charge is 0.481 e. The number of hydrogen-bond acceptors (Lipinski definition) is 4. The van der Waals surface area contributed by atoms with Crippen LogP contribution < -0.4 is 5.56 Å². The number of aliphatic imine (C=N–C) groups is 1. The van der Waals surface area contributed by atoms with E-state index in [0.717, 1.165) is 17.2 Å². The van der Waals surface area contributed by atoms with Crippen LogP contribution in [-0.2, 0) is 28.4 Å². The number of alkyl halides is 6. The highest BCUT2D eigenvalue weighted by Gasteiger charge is 2.40. The highest BCUT2D eigenvalue weighted by molar-refractivity contribution is 5.91. The van der Waals surface area contributed by atoms with E-state index in [1.807, 2.05) is 4.90 Å². The molecule has 0 radical (unpaired) electrons. The molecule has 298 valence electrons. The summed E-state index contributed by atoms with van der Waals surface area (Å²) >= 11 is 0. The van der Waals surface area contributed by atoms with Gasteiger partial charge in [0.1, 0.15) is 23.5 Å². The van der Waals surface area contributed by atoms with Gasteiger partial charge in [-0.05, 0) is 105 Å². The standard InChI is InChI=1S/C39H40F9N3O4/c1-19(2)12-29(51-18-23(8-11-50-9-5-10-50)27(16-30(51)52)38(43,44)45)37(55)49-17-24(14-31(53)54)33-35(41)26(15-28(36(33)42)39(46,47)48)32-20(3)13-25(22-6-7-22)34(40)21(32)4/h13,15-19,22,24,29H,5-12,14H2,1-4H3,(H,53,54). The van der Waals surface area contributed by atoms with Crippen LogP contribution in [-0.4, -0.2) is 52.3 Å². The maximum atomic E-state index is 16.6. The van der Waals surface area contributed by atoms with Crippen molar-refractivity contribution in [3.63, 3.8) is 0 Å². The molecule has 2 aromatic carbocycles. The molecule has 1 saturated heterocycles. The molecule has 0 bridgehead atoms. The van der Waals surface area contributed by atoms with Crippen molar-refractivity contribution < 1.29 is 54.2 Å². The summed E-state index contributed by atoms with van der Waals surface area (Å²) in [5.41, 5.74) is -6.89. The molecule has 1 N–H and O–H groups in total. The predicted octanol–water partition coefficient (Wildman–Crippen LogP) is 9.16. The first-order valence-electron chi connectivity index (χ1n) is 17.8. The van der Waals surface area contributed by atoms with E-state index in [0.29, 0.717) is 43.8 Å². The number of carbonyl (C=O) groups excluding carboxylic acids is 1. The SMILES string of the molecule is Cc1cc(C2CC2)c(F)c(C)c1-c1cc(C(F)(F)F)c(F)c(C(C=NC(=O)C(CC(C)C)n2cc(CCN3CCC3)c(C(F)(F)F)cc2=O)CC(=O)O)c1F. The van der Waals surface area contributed by atoms with Gasteiger partial charge in [0.2, 0.25) is 0 Å². The van der Waals surface area contributed by atoms with E-state index in [4.69, 9.17) is 0 Å². The molecule has 1 aromatic heterocycles. The molecule has 16 heteroatoms. The molecule has 2 aliphatic rings. The number of aryl methyl sites for hydroxylation is 1. The molecule has 1 aliphatic carbocycles. The third kappa shape index (κ3) is 9.16. The topological polar surface area (TPSA) is 92.0 Å². The molecule has 7 nitrogen and oxygen atoms in total. The van der Waals surface area contributed by atoms with E-state index in [1.165, 1.54) is 19.9 Å². The van der Waals surface area contributed by atoms with Gasteiger partial charge in [-0.25, -0.2) is 18.2 Å². The van der Waals surface area contributed by atoms with Crippen LogP contribution in [0.5, 0.6) is 0 Å². The Bertz CT molecular complexity index is 2060. The summed E-state index contributed by atoms with van der Waals surface area (Å²) in [6.45, 7) is 7.53. The lowest BCUT2D eigenvalue weighted by atomic mass is 9.86. The van der Waals surface area contributed by atoms with Gasteiger partial charge in [0.05, 0.1) is 17.5 Å². The Balaban J connectivity index is 1.62. The first kappa shape index (κ1) is 41.7. The average Bonchev–Trinajstić information content (AvgIpc) is 3.89. The number of pyridine rings is 1. The number of aliphatic carboxylic acids is 1. The summed E-state index contributed by atoms with van der Waals surface area (Å²) in [4.78, 5) is 44.4. The number of aromatic nitrogens is 1. The van der Waals surface area contributed by atoms with Gasteiger partial charge in [-0.15, -0.1) is 0 Å². The fourth-order valence-electron chi connectivity index (χ4n) is 7.10. The van der Waals surface area contributed by atoms with Crippen LogP contribution >= 0.6 is 0 Å². The molecule has 2 unspecified atom stereocenters. The van der Waals surface area contributed by atoms with E-state index in [1.54, 1.807) is 13.8 Å².